The summed E-state index contributed by atoms with van der Waals surface area (Å²) in [7, 11) is 1.69. The van der Waals surface area contributed by atoms with Gasteiger partial charge in [0.15, 0.2) is 6.61 Å². The Balaban J connectivity index is 1.48. The van der Waals surface area contributed by atoms with Gasteiger partial charge in [0.25, 0.3) is 5.91 Å². The van der Waals surface area contributed by atoms with E-state index in [1.54, 1.807) is 35.1 Å². The fourth-order valence-electron chi connectivity index (χ4n) is 2.62. The molecule has 7 heteroatoms. The lowest BCUT2D eigenvalue weighted by Gasteiger charge is -2.17. The van der Waals surface area contributed by atoms with Gasteiger partial charge in [-0.1, -0.05) is 42.0 Å². The van der Waals surface area contributed by atoms with E-state index in [0.717, 1.165) is 11.1 Å². The molecule has 0 aliphatic rings. The van der Waals surface area contributed by atoms with Crippen LogP contribution >= 0.6 is 0 Å². The number of carbonyl (C=O) groups excluding carboxylic acids is 2. The zero-order valence-corrected chi connectivity index (χ0v) is 15.9. The average Bonchev–Trinajstić information content (AvgIpc) is 3.21. The number of hydrogen-bond acceptors (Lipinski definition) is 5. The quantitative estimate of drug-likeness (QED) is 0.590. The molecule has 28 heavy (non-hydrogen) atoms. The highest BCUT2D eigenvalue weighted by atomic mass is 16.5. The first-order chi connectivity index (χ1) is 13.5. The molecule has 0 N–H and O–H groups in total. The van der Waals surface area contributed by atoms with Crippen molar-refractivity contribution < 1.29 is 14.3 Å². The summed E-state index contributed by atoms with van der Waals surface area (Å²) in [5.41, 5.74) is 3.57. The summed E-state index contributed by atoms with van der Waals surface area (Å²) in [6, 6.07) is 15.0. The number of amides is 1. The number of esters is 1. The smallest absolute Gasteiger partial charge is 0.338 e. The van der Waals surface area contributed by atoms with Gasteiger partial charge in [-0.05, 0) is 30.2 Å². The van der Waals surface area contributed by atoms with Crippen molar-refractivity contribution in [3.8, 4) is 0 Å². The van der Waals surface area contributed by atoms with Gasteiger partial charge < -0.3 is 9.64 Å². The van der Waals surface area contributed by atoms with Crippen molar-refractivity contribution in [3.63, 3.8) is 0 Å². The largest absolute Gasteiger partial charge is 0.452 e. The first-order valence-corrected chi connectivity index (χ1v) is 8.89. The van der Waals surface area contributed by atoms with E-state index in [1.165, 1.54) is 11.9 Å². The third kappa shape index (κ3) is 5.26. The second kappa shape index (κ2) is 8.94. The minimum atomic E-state index is -0.524. The normalized spacial score (nSPS) is 10.5. The summed E-state index contributed by atoms with van der Waals surface area (Å²) in [6.45, 7) is 2.76. The molecule has 0 atom stereocenters. The molecule has 3 rings (SSSR count). The molecule has 0 fully saturated rings. The maximum atomic E-state index is 12.2. The number of aryl methyl sites for hydroxylation is 1. The molecule has 2 aromatic carbocycles. The summed E-state index contributed by atoms with van der Waals surface area (Å²) in [5.74, 6) is -0.777. The molecule has 7 nitrogen and oxygen atoms in total. The van der Waals surface area contributed by atoms with Crippen LogP contribution in [0.5, 0.6) is 0 Å². The maximum absolute atomic E-state index is 12.2. The highest BCUT2D eigenvalue weighted by Gasteiger charge is 2.14. The third-order valence-corrected chi connectivity index (χ3v) is 4.29. The van der Waals surface area contributed by atoms with E-state index in [2.05, 4.69) is 10.1 Å². The predicted octanol–water partition coefficient (Wildman–Crippen LogP) is 2.45. The zero-order valence-electron chi connectivity index (χ0n) is 15.9. The van der Waals surface area contributed by atoms with E-state index >= 15 is 0 Å². The predicted molar refractivity (Wildman–Crippen MR) is 104 cm³/mol. The molecule has 0 aliphatic heterocycles. The van der Waals surface area contributed by atoms with Gasteiger partial charge in [-0.15, -0.1) is 0 Å². The topological polar surface area (TPSA) is 77.3 Å². The number of nitrogens with zero attached hydrogens (tertiary/aromatic N) is 4. The molecule has 0 radical (unpaired) electrons. The molecular weight excluding hydrogens is 356 g/mol. The number of rotatable bonds is 7. The Kier molecular flexibility index (Phi) is 6.16. The average molecular weight is 378 g/mol. The molecule has 0 spiro atoms. The van der Waals surface area contributed by atoms with Crippen molar-refractivity contribution in [2.24, 2.45) is 0 Å². The van der Waals surface area contributed by atoms with Gasteiger partial charge in [0.2, 0.25) is 0 Å². The Hall–Kier alpha value is -3.48. The van der Waals surface area contributed by atoms with Crippen LogP contribution in [-0.2, 0) is 22.6 Å². The van der Waals surface area contributed by atoms with Crippen LogP contribution in [-0.4, -0.2) is 45.2 Å². The molecule has 0 unspecified atom stereocenters. The first kappa shape index (κ1) is 19.3. The summed E-state index contributed by atoms with van der Waals surface area (Å²) >= 11 is 0. The number of aromatic nitrogens is 3. The van der Waals surface area contributed by atoms with E-state index in [0.29, 0.717) is 18.7 Å². The van der Waals surface area contributed by atoms with Gasteiger partial charge >= 0.3 is 5.97 Å². The summed E-state index contributed by atoms with van der Waals surface area (Å²) in [5, 5.41) is 4.04. The van der Waals surface area contributed by atoms with Crippen molar-refractivity contribution >= 4 is 11.9 Å². The van der Waals surface area contributed by atoms with Gasteiger partial charge in [-0.3, -0.25) is 4.79 Å². The molecule has 1 heterocycles. The lowest BCUT2D eigenvalue weighted by molar-refractivity contribution is -0.133. The lowest BCUT2D eigenvalue weighted by Crippen LogP contribution is -2.30. The molecule has 1 aromatic heterocycles. The first-order valence-electron chi connectivity index (χ1n) is 8.89. The van der Waals surface area contributed by atoms with E-state index in [1.807, 2.05) is 43.3 Å². The van der Waals surface area contributed by atoms with E-state index in [4.69, 9.17) is 4.74 Å². The van der Waals surface area contributed by atoms with Crippen LogP contribution in [0.2, 0.25) is 0 Å². The van der Waals surface area contributed by atoms with Crippen molar-refractivity contribution in [1.29, 1.82) is 0 Å². The van der Waals surface area contributed by atoms with Crippen molar-refractivity contribution in [1.82, 2.24) is 19.7 Å². The van der Waals surface area contributed by atoms with E-state index in [9.17, 15) is 9.59 Å². The van der Waals surface area contributed by atoms with Gasteiger partial charge in [0.05, 0.1) is 12.1 Å². The molecule has 0 saturated carbocycles. The lowest BCUT2D eigenvalue weighted by atomic mass is 10.1. The second-order valence-electron chi connectivity index (χ2n) is 6.60. The summed E-state index contributed by atoms with van der Waals surface area (Å²) in [4.78, 5) is 29.8. The van der Waals surface area contributed by atoms with Crippen LogP contribution in [0.4, 0.5) is 0 Å². The highest BCUT2D eigenvalue weighted by molar-refractivity contribution is 5.91. The number of benzene rings is 2. The SMILES string of the molecule is Cc1ccc(CN(C)C(=O)COC(=O)c2ccc(Cn3cncn3)cc2)cc1. The van der Waals surface area contributed by atoms with Crippen LogP contribution in [0.3, 0.4) is 0 Å². The van der Waals surface area contributed by atoms with Crippen molar-refractivity contribution in [2.75, 3.05) is 13.7 Å². The number of likely N-dealkylation sites (N-methyl/N-ethyl adjacent to an activating group) is 1. The van der Waals surface area contributed by atoms with Crippen LogP contribution in [0, 0.1) is 6.92 Å². The van der Waals surface area contributed by atoms with Gasteiger partial charge in [0, 0.05) is 13.6 Å². The Labute approximate surface area is 163 Å². The monoisotopic (exact) mass is 378 g/mol. The second-order valence-corrected chi connectivity index (χ2v) is 6.60. The van der Waals surface area contributed by atoms with Gasteiger partial charge in [0.1, 0.15) is 12.7 Å². The Bertz CT molecular complexity index is 919. The van der Waals surface area contributed by atoms with E-state index in [-0.39, 0.29) is 12.5 Å². The minimum absolute atomic E-state index is 0.253. The van der Waals surface area contributed by atoms with Crippen LogP contribution in [0.25, 0.3) is 0 Å². The Morgan fingerprint density at radius 2 is 1.71 bits per heavy atom. The van der Waals surface area contributed by atoms with Crippen LogP contribution < -0.4 is 0 Å². The Morgan fingerprint density at radius 1 is 1.04 bits per heavy atom. The number of ether oxygens (including phenoxy) is 1. The molecule has 144 valence electrons. The molecular formula is C21H22N4O3. The minimum Gasteiger partial charge on any atom is -0.452 e. The summed E-state index contributed by atoms with van der Waals surface area (Å²) < 4.78 is 6.85. The fourth-order valence-corrected chi connectivity index (χ4v) is 2.62. The van der Waals surface area contributed by atoms with E-state index < -0.39 is 5.97 Å². The Morgan fingerprint density at radius 3 is 2.36 bits per heavy atom. The fraction of sp³-hybridized carbons (Fsp3) is 0.238. The van der Waals surface area contributed by atoms with Gasteiger partial charge in [-0.25, -0.2) is 14.5 Å². The number of carbonyl (C=O) groups is 2. The molecule has 0 bridgehead atoms. The van der Waals surface area contributed by atoms with Crippen LogP contribution in [0.1, 0.15) is 27.0 Å². The number of hydrogen-bond donors (Lipinski definition) is 0. The third-order valence-electron chi connectivity index (χ3n) is 4.29. The zero-order chi connectivity index (χ0) is 19.9. The molecule has 3 aromatic rings. The van der Waals surface area contributed by atoms with Crippen LogP contribution in [0.15, 0.2) is 61.2 Å². The maximum Gasteiger partial charge on any atom is 0.338 e. The molecule has 0 saturated heterocycles. The van der Waals surface area contributed by atoms with Crippen molar-refractivity contribution in [2.45, 2.75) is 20.0 Å². The van der Waals surface area contributed by atoms with Gasteiger partial charge in [-0.2, -0.15) is 5.10 Å². The standard InChI is InChI=1S/C21H22N4O3/c1-16-3-5-17(6-4-16)11-24(2)20(26)13-28-21(27)19-9-7-18(8-10-19)12-25-15-22-14-23-25/h3-10,14-15H,11-13H2,1-2H3. The highest BCUT2D eigenvalue weighted by Crippen LogP contribution is 2.09. The molecule has 1 amide bonds. The van der Waals surface area contributed by atoms with Crippen molar-refractivity contribution in [3.05, 3.63) is 83.4 Å². The summed E-state index contributed by atoms with van der Waals surface area (Å²) in [6.07, 6.45) is 3.10. The molecule has 0 aliphatic carbocycles.